The van der Waals surface area contributed by atoms with Crippen LogP contribution in [-0.2, 0) is 14.3 Å². The minimum atomic E-state index is -1.06. The highest BCUT2D eigenvalue weighted by Crippen LogP contribution is 2.09. The second kappa shape index (κ2) is 8.21. The van der Waals surface area contributed by atoms with Crippen molar-refractivity contribution in [1.82, 2.24) is 5.32 Å². The number of carbonyl (C=O) groups is 3. The number of ketones is 1. The van der Waals surface area contributed by atoms with Gasteiger partial charge in [-0.3, -0.25) is 9.59 Å². The van der Waals surface area contributed by atoms with Gasteiger partial charge in [0.15, 0.2) is 0 Å². The van der Waals surface area contributed by atoms with Gasteiger partial charge < -0.3 is 10.1 Å². The Morgan fingerprint density at radius 1 is 1.18 bits per heavy atom. The second-order valence-electron chi connectivity index (χ2n) is 4.64. The van der Waals surface area contributed by atoms with Crippen LogP contribution in [0.5, 0.6) is 0 Å². The molecule has 0 radical (unpaired) electrons. The molecule has 0 aliphatic carbocycles. The Balaban J connectivity index is 2.81. The van der Waals surface area contributed by atoms with Gasteiger partial charge in [-0.1, -0.05) is 6.92 Å². The Morgan fingerprint density at radius 2 is 1.77 bits per heavy atom. The maximum atomic E-state index is 13.1. The summed E-state index contributed by atoms with van der Waals surface area (Å²) in [6.07, 6.45) is 0.466. The van der Waals surface area contributed by atoms with Gasteiger partial charge in [0.25, 0.3) is 5.91 Å². The van der Waals surface area contributed by atoms with Crippen LogP contribution in [-0.4, -0.2) is 30.8 Å². The van der Waals surface area contributed by atoms with E-state index in [1.54, 1.807) is 6.92 Å². The van der Waals surface area contributed by atoms with Crippen LogP contribution in [0, 0.1) is 11.6 Å². The number of methoxy groups -OCH3 is 1. The number of rotatable bonds is 7. The highest BCUT2D eigenvalue weighted by molar-refractivity contribution is 5.96. The molecular formula is C15H17F2NO4. The SMILES string of the molecule is CCC(=O)CC[C@H](NC(=O)c1cc(F)cc(F)c1)C(=O)OC. The summed E-state index contributed by atoms with van der Waals surface area (Å²) in [5.41, 5.74) is -0.256. The first-order valence-corrected chi connectivity index (χ1v) is 6.73. The standard InChI is InChI=1S/C15H17F2NO4/c1-3-12(19)4-5-13(15(21)22-2)18-14(20)9-6-10(16)8-11(17)7-9/h6-8,13H,3-5H2,1-2H3,(H,18,20)/t13-/m0/s1. The third kappa shape index (κ3) is 5.23. The smallest absolute Gasteiger partial charge is 0.328 e. The van der Waals surface area contributed by atoms with Crippen molar-refractivity contribution < 1.29 is 27.9 Å². The zero-order chi connectivity index (χ0) is 16.7. The van der Waals surface area contributed by atoms with Crippen molar-refractivity contribution in [2.45, 2.75) is 32.2 Å². The van der Waals surface area contributed by atoms with Gasteiger partial charge >= 0.3 is 5.97 Å². The van der Waals surface area contributed by atoms with Crippen LogP contribution in [0.1, 0.15) is 36.5 Å². The molecule has 5 nitrogen and oxygen atoms in total. The van der Waals surface area contributed by atoms with Gasteiger partial charge in [0.2, 0.25) is 0 Å². The zero-order valence-corrected chi connectivity index (χ0v) is 12.3. The summed E-state index contributed by atoms with van der Waals surface area (Å²) in [4.78, 5) is 34.9. The topological polar surface area (TPSA) is 72.5 Å². The molecule has 0 saturated heterocycles. The lowest BCUT2D eigenvalue weighted by atomic mass is 10.1. The molecule has 1 rings (SSSR count). The Morgan fingerprint density at radius 3 is 2.27 bits per heavy atom. The van der Waals surface area contributed by atoms with Crippen LogP contribution in [0.2, 0.25) is 0 Å². The number of carbonyl (C=O) groups excluding carboxylic acids is 3. The summed E-state index contributed by atoms with van der Waals surface area (Å²) in [5.74, 6) is -3.42. The van der Waals surface area contributed by atoms with Gasteiger partial charge in [0, 0.05) is 24.5 Å². The van der Waals surface area contributed by atoms with E-state index in [-0.39, 0.29) is 24.2 Å². The molecule has 22 heavy (non-hydrogen) atoms. The fourth-order valence-electron chi connectivity index (χ4n) is 1.80. The van der Waals surface area contributed by atoms with Crippen LogP contribution < -0.4 is 5.32 Å². The lowest BCUT2D eigenvalue weighted by Crippen LogP contribution is -2.41. The third-order valence-corrected chi connectivity index (χ3v) is 3.02. The van der Waals surface area contributed by atoms with Gasteiger partial charge in [-0.05, 0) is 18.6 Å². The summed E-state index contributed by atoms with van der Waals surface area (Å²) >= 11 is 0. The molecule has 1 amide bonds. The molecule has 1 N–H and O–H groups in total. The number of benzene rings is 1. The molecule has 0 aromatic heterocycles. The number of Topliss-reactive ketones (excluding diaryl/α,β-unsaturated/α-hetero) is 1. The molecular weight excluding hydrogens is 296 g/mol. The van der Waals surface area contributed by atoms with Gasteiger partial charge in [-0.2, -0.15) is 0 Å². The Bertz CT molecular complexity index is 554. The Kier molecular flexibility index (Phi) is 6.62. The molecule has 0 fully saturated rings. The van der Waals surface area contributed by atoms with E-state index >= 15 is 0 Å². The molecule has 7 heteroatoms. The number of amides is 1. The van der Waals surface area contributed by atoms with Crippen LogP contribution in [0.15, 0.2) is 18.2 Å². The second-order valence-corrected chi connectivity index (χ2v) is 4.64. The number of ether oxygens (including phenoxy) is 1. The number of halogens is 2. The van der Waals surface area contributed by atoms with E-state index in [4.69, 9.17) is 0 Å². The average molecular weight is 313 g/mol. The molecule has 0 unspecified atom stereocenters. The van der Waals surface area contributed by atoms with E-state index in [0.29, 0.717) is 12.5 Å². The first-order valence-electron chi connectivity index (χ1n) is 6.73. The molecule has 120 valence electrons. The van der Waals surface area contributed by atoms with E-state index < -0.39 is 29.6 Å². The van der Waals surface area contributed by atoms with Crippen LogP contribution >= 0.6 is 0 Å². The van der Waals surface area contributed by atoms with E-state index in [1.807, 2.05) is 0 Å². The fourth-order valence-corrected chi connectivity index (χ4v) is 1.80. The van der Waals surface area contributed by atoms with Gasteiger partial charge in [-0.25, -0.2) is 13.6 Å². The summed E-state index contributed by atoms with van der Waals surface area (Å²) in [6.45, 7) is 1.68. The van der Waals surface area contributed by atoms with Crippen molar-refractivity contribution in [1.29, 1.82) is 0 Å². The Labute approximate surface area is 126 Å². The van der Waals surface area contributed by atoms with E-state index in [0.717, 1.165) is 19.2 Å². The van der Waals surface area contributed by atoms with Gasteiger partial charge in [0.1, 0.15) is 23.5 Å². The molecule has 0 spiro atoms. The fraction of sp³-hybridized carbons (Fsp3) is 0.400. The van der Waals surface area contributed by atoms with E-state index in [1.165, 1.54) is 0 Å². The molecule has 1 atom stereocenters. The molecule has 0 aliphatic rings. The Hall–Kier alpha value is -2.31. The molecule has 1 aromatic carbocycles. The molecule has 0 heterocycles. The maximum Gasteiger partial charge on any atom is 0.328 e. The van der Waals surface area contributed by atoms with Gasteiger partial charge in [0.05, 0.1) is 7.11 Å². The number of hydrogen-bond acceptors (Lipinski definition) is 4. The maximum absolute atomic E-state index is 13.1. The van der Waals surface area contributed by atoms with Crippen molar-refractivity contribution >= 4 is 17.7 Å². The summed E-state index contributed by atoms with van der Waals surface area (Å²) in [6, 6.07) is 1.28. The predicted octanol–water partition coefficient (Wildman–Crippen LogP) is 2.00. The largest absolute Gasteiger partial charge is 0.467 e. The van der Waals surface area contributed by atoms with E-state index in [2.05, 4.69) is 10.1 Å². The summed E-state index contributed by atoms with van der Waals surface area (Å²) < 4.78 is 30.7. The third-order valence-electron chi connectivity index (χ3n) is 3.02. The summed E-state index contributed by atoms with van der Waals surface area (Å²) in [5, 5.41) is 2.32. The molecule has 1 aromatic rings. The number of esters is 1. The van der Waals surface area contributed by atoms with Crippen molar-refractivity contribution in [2.75, 3.05) is 7.11 Å². The van der Waals surface area contributed by atoms with Crippen LogP contribution in [0.3, 0.4) is 0 Å². The van der Waals surface area contributed by atoms with Gasteiger partial charge in [-0.15, -0.1) is 0 Å². The van der Waals surface area contributed by atoms with Crippen molar-refractivity contribution in [2.24, 2.45) is 0 Å². The lowest BCUT2D eigenvalue weighted by Gasteiger charge is -2.16. The average Bonchev–Trinajstić information content (AvgIpc) is 2.48. The molecule has 0 bridgehead atoms. The quantitative estimate of drug-likeness (QED) is 0.781. The van der Waals surface area contributed by atoms with E-state index in [9.17, 15) is 23.2 Å². The number of nitrogens with one attached hydrogen (secondary N) is 1. The predicted molar refractivity (Wildman–Crippen MR) is 74.2 cm³/mol. The molecule has 0 saturated carbocycles. The van der Waals surface area contributed by atoms with Crippen molar-refractivity contribution in [3.63, 3.8) is 0 Å². The van der Waals surface area contributed by atoms with Crippen LogP contribution in [0.4, 0.5) is 8.78 Å². The lowest BCUT2D eigenvalue weighted by molar-refractivity contribution is -0.143. The summed E-state index contributed by atoms with van der Waals surface area (Å²) in [7, 11) is 1.14. The minimum Gasteiger partial charge on any atom is -0.467 e. The van der Waals surface area contributed by atoms with Crippen LogP contribution in [0.25, 0.3) is 0 Å². The monoisotopic (exact) mass is 313 g/mol. The highest BCUT2D eigenvalue weighted by atomic mass is 19.1. The van der Waals surface area contributed by atoms with Crippen molar-refractivity contribution in [3.05, 3.63) is 35.4 Å². The normalized spacial score (nSPS) is 11.6. The zero-order valence-electron chi connectivity index (χ0n) is 12.3. The van der Waals surface area contributed by atoms with Crippen molar-refractivity contribution in [3.8, 4) is 0 Å². The molecule has 0 aliphatic heterocycles. The first-order chi connectivity index (χ1) is 10.4. The minimum absolute atomic E-state index is 0.0584. The number of hydrogen-bond donors (Lipinski definition) is 1. The highest BCUT2D eigenvalue weighted by Gasteiger charge is 2.23. The first kappa shape index (κ1) is 17.7.